The molecule has 1 fully saturated rings. The van der Waals surface area contributed by atoms with Gasteiger partial charge in [-0.25, -0.2) is 0 Å². The predicted molar refractivity (Wildman–Crippen MR) is 423 cm³/mol. The van der Waals surface area contributed by atoms with E-state index in [0.29, 0.717) is 51.4 Å². The van der Waals surface area contributed by atoms with Crippen molar-refractivity contribution in [2.75, 3.05) is 65.9 Å². The second kappa shape index (κ2) is 68.0. The molecule has 640 valence electrons. The number of phosphoric ester groups is 2. The number of nitrogens with one attached hydrogen (secondary N) is 4. The predicted octanol–water partition coefficient (Wildman–Crippen LogP) is 14.5. The first-order chi connectivity index (χ1) is 52.4. The van der Waals surface area contributed by atoms with Gasteiger partial charge in [0, 0.05) is 45.6 Å². The van der Waals surface area contributed by atoms with Crippen LogP contribution in [0.4, 0.5) is 0 Å². The van der Waals surface area contributed by atoms with Crippen LogP contribution in [-0.4, -0.2) is 172 Å². The van der Waals surface area contributed by atoms with Gasteiger partial charge in [-0.15, -0.1) is 0 Å². The number of unbranched alkanes of at least 4 members (excludes halogenated alkanes) is 26. The molecule has 3 amide bonds. The number of aliphatic hydroxyl groups excluding tert-OH is 3. The lowest BCUT2D eigenvalue weighted by molar-refractivity contribution is -0.227. The standard InChI is InChI=1S/C81H154N4O22P2/c1-9-15-21-27-29-31-33-39-45-51-75(90)104-71(49-43-37-25-19-13-5)61-73(88)84-67(63-98-57-53-69(86)47-41-35-23-17-11-3)65-102-108(94,95)100-59-55-82-79(92)77-78(107-81(7,8)106-77)80(93)83-56-60-101-109(96,97)103-66-68(64-99-58-54-70(87)48-42-36-24-18-12-4)85-74(89)62-72(50-44-38-26-20-14-6)105-76(91)52-46-40-34-32-30-28-22-16-10-2/h31-34,67-73,77-78,84,86-88H,9-30,35-66H2,1-8H3,(H,82,92)(H,83,93)(H,85,89)(H,94,95)(H,96,97)/p-2/b33-31-,34-32-/t67?,68?,69?,70?,71-,72-,73?,77?,78?/m1/s1. The molecule has 0 radical (unpaired) electrons. The Labute approximate surface area is 657 Å². The van der Waals surface area contributed by atoms with E-state index in [0.717, 1.165) is 167 Å². The molecule has 0 spiro atoms. The van der Waals surface area contributed by atoms with Crippen LogP contribution in [0.25, 0.3) is 0 Å². The number of esters is 2. The van der Waals surface area contributed by atoms with Crippen molar-refractivity contribution in [1.29, 1.82) is 0 Å². The van der Waals surface area contributed by atoms with E-state index in [1.807, 2.05) is 0 Å². The molecule has 109 heavy (non-hydrogen) atoms. The van der Waals surface area contributed by atoms with Gasteiger partial charge in [0.2, 0.25) is 5.91 Å². The summed E-state index contributed by atoms with van der Waals surface area (Å²) in [6, 6.07) is -1.95. The molecule has 0 bridgehead atoms. The molecular formula is C81H152N4O22P2-2. The molecule has 1 rings (SSSR count). The van der Waals surface area contributed by atoms with Crippen molar-refractivity contribution in [3.8, 4) is 0 Å². The zero-order valence-electron chi connectivity index (χ0n) is 68.7. The third-order valence-electron chi connectivity index (χ3n) is 18.7. The summed E-state index contributed by atoms with van der Waals surface area (Å²) in [5.74, 6) is -4.47. The number of ether oxygens (including phenoxy) is 6. The van der Waals surface area contributed by atoms with Crippen LogP contribution in [0.3, 0.4) is 0 Å². The molecule has 0 aliphatic carbocycles. The molecule has 0 aromatic rings. The summed E-state index contributed by atoms with van der Waals surface area (Å²) in [6.45, 7) is 12.5. The first-order valence-electron chi connectivity index (χ1n) is 42.5. The van der Waals surface area contributed by atoms with E-state index >= 15 is 0 Å². The minimum absolute atomic E-state index is 0.0124. The maximum atomic E-state index is 13.7. The van der Waals surface area contributed by atoms with Crippen molar-refractivity contribution in [2.45, 2.75) is 399 Å². The summed E-state index contributed by atoms with van der Waals surface area (Å²) in [6.07, 6.45) is 38.9. The average molecular weight is 1600 g/mol. The van der Waals surface area contributed by atoms with E-state index < -0.39 is 140 Å². The second-order valence-electron chi connectivity index (χ2n) is 29.8. The van der Waals surface area contributed by atoms with Gasteiger partial charge in [0.1, 0.15) is 18.4 Å². The summed E-state index contributed by atoms with van der Waals surface area (Å²) in [4.78, 5) is 93.6. The van der Waals surface area contributed by atoms with E-state index in [4.69, 9.17) is 46.5 Å². The van der Waals surface area contributed by atoms with Crippen LogP contribution in [0.1, 0.15) is 338 Å². The maximum absolute atomic E-state index is 13.7. The fourth-order valence-electron chi connectivity index (χ4n) is 12.4. The van der Waals surface area contributed by atoms with Gasteiger partial charge < -0.3 is 87.6 Å². The maximum Gasteiger partial charge on any atom is 0.306 e. The van der Waals surface area contributed by atoms with Crippen LogP contribution in [0, 0.1) is 0 Å². The van der Waals surface area contributed by atoms with E-state index in [1.165, 1.54) is 52.4 Å². The zero-order valence-corrected chi connectivity index (χ0v) is 70.5. The third kappa shape index (κ3) is 60.9. The molecular weight excluding hydrogens is 1440 g/mol. The number of carbonyl (C=O) groups excluding carboxylic acids is 5. The van der Waals surface area contributed by atoms with Crippen molar-refractivity contribution in [2.24, 2.45) is 0 Å². The topological polar surface area (TPSA) is 367 Å². The lowest BCUT2D eigenvalue weighted by atomic mass is 10.0. The highest BCUT2D eigenvalue weighted by Gasteiger charge is 2.49. The Kier molecular flexibility index (Phi) is 64.7. The van der Waals surface area contributed by atoms with Gasteiger partial charge in [0.25, 0.3) is 27.5 Å². The molecule has 1 aliphatic heterocycles. The lowest BCUT2D eigenvalue weighted by Gasteiger charge is -2.29. The number of carbonyl (C=O) groups is 5. The zero-order chi connectivity index (χ0) is 80.5. The fraction of sp³-hybridized carbons (Fsp3) is 0.889. The minimum Gasteiger partial charge on any atom is -0.756 e. The van der Waals surface area contributed by atoms with Crippen LogP contribution in [0.5, 0.6) is 0 Å². The number of allylic oxidation sites excluding steroid dienone is 4. The molecule has 26 nitrogen and oxygen atoms in total. The molecule has 7 N–H and O–H groups in total. The monoisotopic (exact) mass is 1600 g/mol. The van der Waals surface area contributed by atoms with Crippen LogP contribution in [0.2, 0.25) is 0 Å². The first kappa shape index (κ1) is 104. The molecule has 0 saturated carbocycles. The number of rotatable bonds is 77. The van der Waals surface area contributed by atoms with Gasteiger partial charge in [0.15, 0.2) is 18.0 Å². The second-order valence-corrected chi connectivity index (χ2v) is 32.6. The Morgan fingerprint density at radius 2 is 0.798 bits per heavy atom. The van der Waals surface area contributed by atoms with Gasteiger partial charge in [-0.05, 0) is 117 Å². The van der Waals surface area contributed by atoms with Crippen LogP contribution < -0.4 is 31.1 Å². The highest BCUT2D eigenvalue weighted by molar-refractivity contribution is 7.46. The highest BCUT2D eigenvalue weighted by atomic mass is 31.2. The first-order valence-corrected chi connectivity index (χ1v) is 45.4. The van der Waals surface area contributed by atoms with Crippen LogP contribution in [-0.2, 0) is 79.6 Å². The largest absolute Gasteiger partial charge is 0.756 e. The molecule has 1 heterocycles. The van der Waals surface area contributed by atoms with Crippen LogP contribution in [0.15, 0.2) is 24.3 Å². The van der Waals surface area contributed by atoms with E-state index in [2.05, 4.69) is 87.1 Å². The molecule has 0 aromatic carbocycles. The molecule has 9 unspecified atom stereocenters. The lowest BCUT2D eigenvalue weighted by Crippen LogP contribution is -2.48. The van der Waals surface area contributed by atoms with Crippen molar-refractivity contribution in [3.05, 3.63) is 24.3 Å². The van der Waals surface area contributed by atoms with Gasteiger partial charge in [-0.1, -0.05) is 220 Å². The van der Waals surface area contributed by atoms with Crippen molar-refractivity contribution < 1.29 is 105 Å². The Bertz CT molecular complexity index is 2430. The molecule has 28 heteroatoms. The highest BCUT2D eigenvalue weighted by Crippen LogP contribution is 2.39. The Morgan fingerprint density at radius 3 is 1.22 bits per heavy atom. The average Bonchev–Trinajstić information content (AvgIpc) is 1.66. The third-order valence-corrected chi connectivity index (χ3v) is 20.7. The number of amides is 3. The molecule has 0 aromatic heterocycles. The van der Waals surface area contributed by atoms with E-state index in [1.54, 1.807) is 0 Å². The number of aliphatic hydroxyl groups is 3. The summed E-state index contributed by atoms with van der Waals surface area (Å²) < 4.78 is 82.4. The van der Waals surface area contributed by atoms with Crippen molar-refractivity contribution in [3.63, 3.8) is 0 Å². The quantitative estimate of drug-likeness (QED) is 0.00977. The van der Waals surface area contributed by atoms with Crippen molar-refractivity contribution >= 4 is 45.3 Å². The summed E-state index contributed by atoms with van der Waals surface area (Å²) in [5.41, 5.74) is 0. The Morgan fingerprint density at radius 1 is 0.440 bits per heavy atom. The number of phosphoric acid groups is 2. The van der Waals surface area contributed by atoms with Gasteiger partial charge >= 0.3 is 11.9 Å². The number of hydrogen-bond donors (Lipinski definition) is 7. The smallest absolute Gasteiger partial charge is 0.306 e. The van der Waals surface area contributed by atoms with E-state index in [-0.39, 0.29) is 58.1 Å². The SMILES string of the molecule is CCCCCC/C=C\CCCC(=O)O[C@H](CCCCCCC)CC(=O)NC(COCCC(O)CCCCCCC)COP(=O)([O-])OCCNC(=O)C1OC(C)(C)OC1C(=O)NCCOP(=O)([O-])OCC(COCCC(O)CCCCCCC)NC(O)C[C@@H](CCCCCCC)OC(=O)CCC/C=C\CCCCCC. The van der Waals surface area contributed by atoms with Gasteiger partial charge in [0.05, 0.1) is 70.4 Å². The summed E-state index contributed by atoms with van der Waals surface area (Å²) >= 11 is 0. The van der Waals surface area contributed by atoms with Crippen molar-refractivity contribution in [1.82, 2.24) is 21.3 Å². The Hall–Kier alpha value is -3.27. The molecule has 1 saturated heterocycles. The molecule has 1 aliphatic rings. The van der Waals surface area contributed by atoms with Crippen LogP contribution >= 0.6 is 15.6 Å². The van der Waals surface area contributed by atoms with E-state index in [9.17, 15) is 58.2 Å². The molecule has 11 atom stereocenters. The summed E-state index contributed by atoms with van der Waals surface area (Å²) in [5, 5.41) is 43.4. The van der Waals surface area contributed by atoms with Gasteiger partial charge in [-0.3, -0.25) is 38.4 Å². The number of hydrogen-bond acceptors (Lipinski definition) is 23. The fourth-order valence-corrected chi connectivity index (χ4v) is 13.9. The van der Waals surface area contributed by atoms with Gasteiger partial charge in [-0.2, -0.15) is 0 Å². The Balaban J connectivity index is 3.04. The minimum atomic E-state index is -5.12. The summed E-state index contributed by atoms with van der Waals surface area (Å²) in [7, 11) is -10.2. The normalized spacial score (nSPS) is 17.5.